The molecule has 1 N–H and O–H groups in total. The molecule has 5 nitrogen and oxygen atoms in total. The van der Waals surface area contributed by atoms with Crippen molar-refractivity contribution >= 4 is 23.5 Å². The summed E-state index contributed by atoms with van der Waals surface area (Å²) in [4.78, 5) is 19.9. The first-order chi connectivity index (χ1) is 6.52. The number of hydrogen-bond donors (Lipinski definition) is 1. The van der Waals surface area contributed by atoms with E-state index in [2.05, 4.69) is 9.97 Å². The molecule has 0 aliphatic heterocycles. The summed E-state index contributed by atoms with van der Waals surface area (Å²) < 4.78 is 0. The predicted molar refractivity (Wildman–Crippen MR) is 52.5 cm³/mol. The zero-order valence-corrected chi connectivity index (χ0v) is 8.56. The van der Waals surface area contributed by atoms with Crippen LogP contribution >= 0.6 is 11.6 Å². The number of anilines is 1. The molecule has 1 aromatic rings. The fourth-order valence-corrected chi connectivity index (χ4v) is 0.924. The van der Waals surface area contributed by atoms with Crippen LogP contribution in [0.5, 0.6) is 0 Å². The van der Waals surface area contributed by atoms with E-state index in [0.717, 1.165) is 0 Å². The van der Waals surface area contributed by atoms with Crippen molar-refractivity contribution in [2.45, 2.75) is 13.0 Å². The molecule has 14 heavy (non-hydrogen) atoms. The van der Waals surface area contributed by atoms with Crippen LogP contribution in [0.25, 0.3) is 0 Å². The molecule has 0 aliphatic carbocycles. The van der Waals surface area contributed by atoms with Gasteiger partial charge in [0.1, 0.15) is 6.04 Å². The molecule has 0 aromatic carbocycles. The fourth-order valence-electron chi connectivity index (χ4n) is 0.826. The zero-order chi connectivity index (χ0) is 10.7. The number of carboxylic acid groups (broad SMARTS) is 1. The Morgan fingerprint density at radius 2 is 2.07 bits per heavy atom. The van der Waals surface area contributed by atoms with E-state index in [1.54, 1.807) is 14.0 Å². The van der Waals surface area contributed by atoms with Gasteiger partial charge in [-0.05, 0) is 6.92 Å². The van der Waals surface area contributed by atoms with Crippen LogP contribution in [0.2, 0.25) is 5.02 Å². The number of aromatic nitrogens is 2. The molecule has 1 unspecified atom stereocenters. The summed E-state index contributed by atoms with van der Waals surface area (Å²) in [6.45, 7) is 1.56. The van der Waals surface area contributed by atoms with E-state index in [0.29, 0.717) is 11.0 Å². The normalized spacial score (nSPS) is 12.2. The molecule has 76 valence electrons. The molecule has 0 radical (unpaired) electrons. The molecule has 0 spiro atoms. The molecule has 0 saturated heterocycles. The zero-order valence-electron chi connectivity index (χ0n) is 7.81. The standard InChI is InChI=1S/C8H10ClN3O2/c1-5(7(13)14)12(2)8-10-3-6(9)4-11-8/h3-5H,1-2H3,(H,13,14). The van der Waals surface area contributed by atoms with Crippen molar-refractivity contribution in [2.24, 2.45) is 0 Å². The number of carbonyl (C=O) groups is 1. The average molecular weight is 216 g/mol. The molecule has 1 aromatic heterocycles. The second-order valence-corrected chi connectivity index (χ2v) is 3.26. The first kappa shape index (κ1) is 10.7. The van der Waals surface area contributed by atoms with Crippen LogP contribution in [0.4, 0.5) is 5.95 Å². The Labute approximate surface area is 86.3 Å². The maximum Gasteiger partial charge on any atom is 0.326 e. The first-order valence-corrected chi connectivity index (χ1v) is 4.33. The SMILES string of the molecule is CC(C(=O)O)N(C)c1ncc(Cl)cn1. The summed E-state index contributed by atoms with van der Waals surface area (Å²) in [6.07, 6.45) is 2.85. The van der Waals surface area contributed by atoms with Gasteiger partial charge in [0, 0.05) is 7.05 Å². The highest BCUT2D eigenvalue weighted by molar-refractivity contribution is 6.30. The van der Waals surface area contributed by atoms with Gasteiger partial charge >= 0.3 is 5.97 Å². The van der Waals surface area contributed by atoms with E-state index >= 15 is 0 Å². The topological polar surface area (TPSA) is 66.3 Å². The van der Waals surface area contributed by atoms with Crippen LogP contribution in [0.3, 0.4) is 0 Å². The molecule has 0 bridgehead atoms. The molecule has 1 atom stereocenters. The molecule has 0 amide bonds. The second kappa shape index (κ2) is 4.23. The lowest BCUT2D eigenvalue weighted by atomic mass is 10.3. The van der Waals surface area contributed by atoms with Gasteiger partial charge in [-0.2, -0.15) is 0 Å². The summed E-state index contributed by atoms with van der Waals surface area (Å²) in [5.41, 5.74) is 0. The lowest BCUT2D eigenvalue weighted by Crippen LogP contribution is -2.36. The first-order valence-electron chi connectivity index (χ1n) is 3.95. The van der Waals surface area contributed by atoms with Crippen LogP contribution < -0.4 is 4.90 Å². The Bertz CT molecular complexity index is 328. The minimum absolute atomic E-state index is 0.337. The largest absolute Gasteiger partial charge is 0.480 e. The number of nitrogens with zero attached hydrogens (tertiary/aromatic N) is 3. The third kappa shape index (κ3) is 2.32. The highest BCUT2D eigenvalue weighted by atomic mass is 35.5. The molecule has 0 aliphatic rings. The average Bonchev–Trinajstić information content (AvgIpc) is 2.16. The van der Waals surface area contributed by atoms with Crippen LogP contribution in [0, 0.1) is 0 Å². The van der Waals surface area contributed by atoms with Crippen molar-refractivity contribution < 1.29 is 9.90 Å². The maximum atomic E-state index is 10.7. The molecule has 6 heteroatoms. The molecule has 1 heterocycles. The van der Waals surface area contributed by atoms with Crippen molar-refractivity contribution in [1.29, 1.82) is 0 Å². The summed E-state index contributed by atoms with van der Waals surface area (Å²) in [7, 11) is 1.61. The maximum absolute atomic E-state index is 10.7. The van der Waals surface area contributed by atoms with Gasteiger partial charge in [0.05, 0.1) is 17.4 Å². The number of hydrogen-bond acceptors (Lipinski definition) is 4. The van der Waals surface area contributed by atoms with Crippen molar-refractivity contribution in [1.82, 2.24) is 9.97 Å². The van der Waals surface area contributed by atoms with E-state index in [1.807, 2.05) is 0 Å². The van der Waals surface area contributed by atoms with Crippen LogP contribution in [0.1, 0.15) is 6.92 Å². The minimum atomic E-state index is -0.925. The van der Waals surface area contributed by atoms with Gasteiger partial charge in [-0.1, -0.05) is 11.6 Å². The smallest absolute Gasteiger partial charge is 0.326 e. The fraction of sp³-hybridized carbons (Fsp3) is 0.375. The Kier molecular flexibility index (Phi) is 3.24. The van der Waals surface area contributed by atoms with Crippen molar-refractivity contribution in [3.05, 3.63) is 17.4 Å². The van der Waals surface area contributed by atoms with Gasteiger partial charge in [0.25, 0.3) is 0 Å². The van der Waals surface area contributed by atoms with Gasteiger partial charge in [-0.25, -0.2) is 14.8 Å². The monoisotopic (exact) mass is 215 g/mol. The van der Waals surface area contributed by atoms with E-state index in [4.69, 9.17) is 16.7 Å². The summed E-state index contributed by atoms with van der Waals surface area (Å²) in [6, 6.07) is -0.670. The van der Waals surface area contributed by atoms with Crippen molar-refractivity contribution in [3.63, 3.8) is 0 Å². The molecular weight excluding hydrogens is 206 g/mol. The third-order valence-electron chi connectivity index (χ3n) is 1.86. The molecule has 0 saturated carbocycles. The Hall–Kier alpha value is -1.36. The second-order valence-electron chi connectivity index (χ2n) is 2.83. The summed E-state index contributed by atoms with van der Waals surface area (Å²) in [5.74, 6) is -0.588. The van der Waals surface area contributed by atoms with Crippen molar-refractivity contribution in [3.8, 4) is 0 Å². The quantitative estimate of drug-likeness (QED) is 0.816. The van der Waals surface area contributed by atoms with E-state index in [-0.39, 0.29) is 0 Å². The van der Waals surface area contributed by atoms with Crippen LogP contribution in [-0.4, -0.2) is 34.1 Å². The van der Waals surface area contributed by atoms with Crippen LogP contribution in [0.15, 0.2) is 12.4 Å². The summed E-state index contributed by atoms with van der Waals surface area (Å²) >= 11 is 5.60. The number of carboxylic acids is 1. The molecule has 0 fully saturated rings. The van der Waals surface area contributed by atoms with Gasteiger partial charge in [-0.3, -0.25) is 0 Å². The Balaban J connectivity index is 2.84. The minimum Gasteiger partial charge on any atom is -0.480 e. The Morgan fingerprint density at radius 3 is 2.50 bits per heavy atom. The number of likely N-dealkylation sites (N-methyl/N-ethyl adjacent to an activating group) is 1. The van der Waals surface area contributed by atoms with Gasteiger partial charge in [0.2, 0.25) is 5.95 Å². The number of halogens is 1. The van der Waals surface area contributed by atoms with Crippen LogP contribution in [-0.2, 0) is 4.79 Å². The number of rotatable bonds is 3. The third-order valence-corrected chi connectivity index (χ3v) is 2.06. The van der Waals surface area contributed by atoms with Gasteiger partial charge in [-0.15, -0.1) is 0 Å². The van der Waals surface area contributed by atoms with E-state index in [1.165, 1.54) is 17.3 Å². The highest BCUT2D eigenvalue weighted by Crippen LogP contribution is 2.11. The molecule has 1 rings (SSSR count). The predicted octanol–water partition coefficient (Wildman–Crippen LogP) is 1.04. The van der Waals surface area contributed by atoms with E-state index in [9.17, 15) is 4.79 Å². The Morgan fingerprint density at radius 1 is 1.57 bits per heavy atom. The lowest BCUT2D eigenvalue weighted by molar-refractivity contribution is -0.138. The lowest BCUT2D eigenvalue weighted by Gasteiger charge is -2.20. The summed E-state index contributed by atoms with van der Waals surface area (Å²) in [5, 5.41) is 9.17. The van der Waals surface area contributed by atoms with Gasteiger partial charge < -0.3 is 10.0 Å². The van der Waals surface area contributed by atoms with E-state index < -0.39 is 12.0 Å². The van der Waals surface area contributed by atoms with Crippen molar-refractivity contribution in [2.75, 3.05) is 11.9 Å². The van der Waals surface area contributed by atoms with Gasteiger partial charge in [0.15, 0.2) is 0 Å². The highest BCUT2D eigenvalue weighted by Gasteiger charge is 2.18. The molecular formula is C8H10ClN3O2. The number of aliphatic carboxylic acids is 1.